The predicted octanol–water partition coefficient (Wildman–Crippen LogP) is 0.420. The third kappa shape index (κ3) is 2.08. The molecule has 0 radical (unpaired) electrons. The monoisotopic (exact) mass is 234 g/mol. The fourth-order valence-corrected chi connectivity index (χ4v) is 2.09. The lowest BCUT2D eigenvalue weighted by Gasteiger charge is -2.15. The van der Waals surface area contributed by atoms with Gasteiger partial charge in [-0.1, -0.05) is 12.1 Å². The first-order chi connectivity index (χ1) is 8.17. The fourth-order valence-electron chi connectivity index (χ4n) is 2.09. The molecule has 0 aromatic carbocycles. The van der Waals surface area contributed by atoms with Crippen molar-refractivity contribution in [3.63, 3.8) is 0 Å². The van der Waals surface area contributed by atoms with Gasteiger partial charge in [0.2, 0.25) is 0 Å². The van der Waals surface area contributed by atoms with Crippen LogP contribution in [0.5, 0.6) is 0 Å². The van der Waals surface area contributed by atoms with E-state index < -0.39 is 0 Å². The van der Waals surface area contributed by atoms with Crippen LogP contribution in [0.15, 0.2) is 12.4 Å². The Balaban J connectivity index is 2.45. The molecule has 0 amide bonds. The largest absolute Gasteiger partial charge is 0.308 e. The molecule has 2 heterocycles. The first kappa shape index (κ1) is 11.8. The van der Waals surface area contributed by atoms with Crippen LogP contribution in [0.2, 0.25) is 0 Å². The van der Waals surface area contributed by atoms with E-state index in [1.165, 1.54) is 5.56 Å². The summed E-state index contributed by atoms with van der Waals surface area (Å²) in [5.74, 6) is 0. The molecule has 0 saturated carbocycles. The van der Waals surface area contributed by atoms with Crippen molar-refractivity contribution in [2.45, 2.75) is 19.4 Å². The minimum absolute atomic E-state index is 0.0821. The van der Waals surface area contributed by atoms with Crippen molar-refractivity contribution >= 4 is 0 Å². The molecular weight excluding hydrogens is 216 g/mol. The smallest absolute Gasteiger partial charge is 0.0799 e. The molecule has 0 aliphatic carbocycles. The van der Waals surface area contributed by atoms with Gasteiger partial charge in [0.1, 0.15) is 0 Å². The number of aryl methyl sites for hydroxylation is 3. The average molecular weight is 234 g/mol. The summed E-state index contributed by atoms with van der Waals surface area (Å²) in [6, 6.07) is 0.0821. The van der Waals surface area contributed by atoms with Crippen LogP contribution in [0.3, 0.4) is 0 Å². The molecule has 17 heavy (non-hydrogen) atoms. The highest BCUT2D eigenvalue weighted by Gasteiger charge is 2.21. The summed E-state index contributed by atoms with van der Waals surface area (Å²) in [7, 11) is 5.77. The van der Waals surface area contributed by atoms with Crippen LogP contribution in [0, 0.1) is 0 Å². The van der Waals surface area contributed by atoms with E-state index in [9.17, 15) is 0 Å². The van der Waals surface area contributed by atoms with Crippen molar-refractivity contribution in [1.29, 1.82) is 0 Å². The van der Waals surface area contributed by atoms with E-state index in [0.29, 0.717) is 0 Å². The zero-order valence-corrected chi connectivity index (χ0v) is 10.7. The minimum atomic E-state index is 0.0821. The highest BCUT2D eigenvalue weighted by Crippen LogP contribution is 2.23. The topological polar surface area (TPSA) is 60.6 Å². The van der Waals surface area contributed by atoms with Crippen molar-refractivity contribution in [3.8, 4) is 0 Å². The molecule has 2 aromatic rings. The molecule has 6 nitrogen and oxygen atoms in total. The number of nitrogens with one attached hydrogen (secondary N) is 1. The first-order valence-corrected chi connectivity index (χ1v) is 5.71. The normalized spacial score (nSPS) is 12.9. The molecule has 92 valence electrons. The Morgan fingerprint density at radius 1 is 1.41 bits per heavy atom. The van der Waals surface area contributed by atoms with Gasteiger partial charge in [-0.25, -0.2) is 0 Å². The second kappa shape index (κ2) is 4.67. The number of aromatic nitrogens is 5. The highest BCUT2D eigenvalue weighted by molar-refractivity contribution is 5.28. The van der Waals surface area contributed by atoms with Gasteiger partial charge in [0, 0.05) is 25.9 Å². The van der Waals surface area contributed by atoms with Crippen LogP contribution in [0.4, 0.5) is 0 Å². The molecule has 1 unspecified atom stereocenters. The molecule has 0 spiro atoms. The maximum absolute atomic E-state index is 4.46. The number of hydrogen-bond acceptors (Lipinski definition) is 4. The zero-order valence-electron chi connectivity index (χ0n) is 10.7. The minimum Gasteiger partial charge on any atom is -0.308 e. The lowest BCUT2D eigenvalue weighted by atomic mass is 10.0. The van der Waals surface area contributed by atoms with Crippen molar-refractivity contribution in [1.82, 2.24) is 30.1 Å². The Kier molecular flexibility index (Phi) is 3.23. The van der Waals surface area contributed by atoms with Crippen LogP contribution in [-0.4, -0.2) is 31.8 Å². The molecule has 2 aromatic heterocycles. The third-order valence-electron chi connectivity index (χ3n) is 2.92. The molecule has 0 bridgehead atoms. The first-order valence-electron chi connectivity index (χ1n) is 5.71. The Morgan fingerprint density at radius 2 is 2.18 bits per heavy atom. The van der Waals surface area contributed by atoms with Crippen molar-refractivity contribution in [2.24, 2.45) is 14.1 Å². The van der Waals surface area contributed by atoms with Crippen LogP contribution >= 0.6 is 0 Å². The Hall–Kier alpha value is -1.69. The Labute approximate surface area is 101 Å². The second-order valence-corrected chi connectivity index (χ2v) is 4.06. The number of hydrogen-bond donors (Lipinski definition) is 1. The lowest BCUT2D eigenvalue weighted by Crippen LogP contribution is -2.21. The molecule has 1 N–H and O–H groups in total. The van der Waals surface area contributed by atoms with Gasteiger partial charge in [0.05, 0.1) is 23.6 Å². The Morgan fingerprint density at radius 3 is 2.71 bits per heavy atom. The van der Waals surface area contributed by atoms with Crippen LogP contribution in [0.25, 0.3) is 0 Å². The third-order valence-corrected chi connectivity index (χ3v) is 2.92. The number of nitrogens with zero attached hydrogens (tertiary/aromatic N) is 5. The van der Waals surface area contributed by atoms with E-state index in [0.717, 1.165) is 17.8 Å². The van der Waals surface area contributed by atoms with E-state index >= 15 is 0 Å². The van der Waals surface area contributed by atoms with Gasteiger partial charge in [-0.3, -0.25) is 9.36 Å². The lowest BCUT2D eigenvalue weighted by molar-refractivity contribution is 0.594. The quantitative estimate of drug-likeness (QED) is 0.833. The van der Waals surface area contributed by atoms with Crippen LogP contribution in [0.1, 0.15) is 29.9 Å². The number of rotatable bonds is 4. The maximum Gasteiger partial charge on any atom is 0.0799 e. The van der Waals surface area contributed by atoms with E-state index in [-0.39, 0.29) is 6.04 Å². The maximum atomic E-state index is 4.46. The van der Waals surface area contributed by atoms with Gasteiger partial charge >= 0.3 is 0 Å². The SMILES string of the molecule is CCc1nn(C)cc1C(NC)c1cnnn1C. The van der Waals surface area contributed by atoms with Crippen LogP contribution < -0.4 is 5.32 Å². The molecule has 0 aliphatic heterocycles. The molecule has 2 rings (SSSR count). The summed E-state index contributed by atoms with van der Waals surface area (Å²) in [5.41, 5.74) is 3.33. The zero-order chi connectivity index (χ0) is 12.4. The molecular formula is C11H18N6. The van der Waals surface area contributed by atoms with Gasteiger partial charge in [0.15, 0.2) is 0 Å². The Bertz CT molecular complexity index is 498. The standard InChI is InChI=1S/C11H18N6/c1-5-9-8(7-16(3)14-9)11(12-2)10-6-13-15-17(10)4/h6-7,11-12H,5H2,1-4H3. The van der Waals surface area contributed by atoms with Crippen molar-refractivity contribution in [2.75, 3.05) is 7.05 Å². The fraction of sp³-hybridized carbons (Fsp3) is 0.545. The summed E-state index contributed by atoms with van der Waals surface area (Å²) in [5, 5.41) is 15.7. The summed E-state index contributed by atoms with van der Waals surface area (Å²) in [6.45, 7) is 2.11. The van der Waals surface area contributed by atoms with Crippen LogP contribution in [-0.2, 0) is 20.5 Å². The van der Waals surface area contributed by atoms with Gasteiger partial charge < -0.3 is 5.32 Å². The molecule has 6 heteroatoms. The molecule has 0 saturated heterocycles. The highest BCUT2D eigenvalue weighted by atomic mass is 15.4. The van der Waals surface area contributed by atoms with Gasteiger partial charge in [-0.05, 0) is 13.5 Å². The summed E-state index contributed by atoms with van der Waals surface area (Å²) < 4.78 is 3.63. The van der Waals surface area contributed by atoms with Gasteiger partial charge in [-0.15, -0.1) is 5.10 Å². The van der Waals surface area contributed by atoms with E-state index in [2.05, 4.69) is 27.7 Å². The predicted molar refractivity (Wildman–Crippen MR) is 64.5 cm³/mol. The average Bonchev–Trinajstić information content (AvgIpc) is 2.88. The summed E-state index contributed by atoms with van der Waals surface area (Å²) in [6.07, 6.45) is 4.75. The van der Waals surface area contributed by atoms with Crippen molar-refractivity contribution in [3.05, 3.63) is 29.3 Å². The van der Waals surface area contributed by atoms with Crippen molar-refractivity contribution < 1.29 is 0 Å². The molecule has 0 aliphatic rings. The summed E-state index contributed by atoms with van der Waals surface area (Å²) in [4.78, 5) is 0. The van der Waals surface area contributed by atoms with Gasteiger partial charge in [-0.2, -0.15) is 5.10 Å². The van der Waals surface area contributed by atoms with E-state index in [1.807, 2.05) is 32.0 Å². The summed E-state index contributed by atoms with van der Waals surface area (Å²) >= 11 is 0. The second-order valence-electron chi connectivity index (χ2n) is 4.06. The van der Waals surface area contributed by atoms with Gasteiger partial charge in [0.25, 0.3) is 0 Å². The molecule has 0 fully saturated rings. The van der Waals surface area contributed by atoms with E-state index in [4.69, 9.17) is 0 Å². The van der Waals surface area contributed by atoms with E-state index in [1.54, 1.807) is 10.9 Å². The molecule has 1 atom stereocenters.